The summed E-state index contributed by atoms with van der Waals surface area (Å²) in [6.45, 7) is -0.142. The van der Waals surface area contributed by atoms with Gasteiger partial charge in [0.2, 0.25) is 0 Å². The molecule has 0 saturated carbocycles. The fourth-order valence-corrected chi connectivity index (χ4v) is 1.96. The first-order chi connectivity index (χ1) is 9.19. The Hall–Kier alpha value is -1.85. The van der Waals surface area contributed by atoms with E-state index in [0.717, 1.165) is 0 Å². The number of methoxy groups -OCH3 is 2. The second-order valence-corrected chi connectivity index (χ2v) is 4.13. The van der Waals surface area contributed by atoms with Crippen molar-refractivity contribution in [1.82, 2.24) is 9.97 Å². The van der Waals surface area contributed by atoms with E-state index in [9.17, 15) is 0 Å². The van der Waals surface area contributed by atoms with E-state index < -0.39 is 0 Å². The Labute approximate surface area is 115 Å². The standard InChI is InChI=1S/C13H13ClN2O3/c1-18-11-6-8(5-10(14)12(11)19-2)13-15-4-3-9(7-17)16-13/h3-6,17H,7H2,1-2H3. The summed E-state index contributed by atoms with van der Waals surface area (Å²) in [6.07, 6.45) is 1.58. The summed E-state index contributed by atoms with van der Waals surface area (Å²) in [5, 5.41) is 9.50. The molecule has 2 rings (SSSR count). The van der Waals surface area contributed by atoms with Crippen molar-refractivity contribution in [3.05, 3.63) is 35.1 Å². The lowest BCUT2D eigenvalue weighted by atomic mass is 10.2. The summed E-state index contributed by atoms with van der Waals surface area (Å²) in [6, 6.07) is 5.08. The van der Waals surface area contributed by atoms with Gasteiger partial charge in [0.25, 0.3) is 0 Å². The van der Waals surface area contributed by atoms with E-state index in [0.29, 0.717) is 33.6 Å². The van der Waals surface area contributed by atoms with Crippen LogP contribution in [0.5, 0.6) is 11.5 Å². The Morgan fingerprint density at radius 1 is 1.26 bits per heavy atom. The lowest BCUT2D eigenvalue weighted by Gasteiger charge is -2.11. The first-order valence-electron chi connectivity index (χ1n) is 5.54. The van der Waals surface area contributed by atoms with Gasteiger partial charge >= 0.3 is 0 Å². The highest BCUT2D eigenvalue weighted by molar-refractivity contribution is 6.32. The van der Waals surface area contributed by atoms with Gasteiger partial charge < -0.3 is 14.6 Å². The quantitative estimate of drug-likeness (QED) is 0.931. The van der Waals surface area contributed by atoms with Gasteiger partial charge in [-0.2, -0.15) is 0 Å². The zero-order valence-electron chi connectivity index (χ0n) is 10.6. The third-order valence-corrected chi connectivity index (χ3v) is 2.85. The molecular formula is C13H13ClN2O3. The minimum atomic E-state index is -0.142. The molecular weight excluding hydrogens is 268 g/mol. The summed E-state index contributed by atoms with van der Waals surface area (Å²) < 4.78 is 10.4. The van der Waals surface area contributed by atoms with Crippen LogP contribution in [-0.4, -0.2) is 29.3 Å². The van der Waals surface area contributed by atoms with E-state index >= 15 is 0 Å². The average Bonchev–Trinajstić information content (AvgIpc) is 2.46. The topological polar surface area (TPSA) is 64.5 Å². The Kier molecular flexibility index (Phi) is 4.19. The van der Waals surface area contributed by atoms with Gasteiger partial charge in [-0.05, 0) is 18.2 Å². The van der Waals surface area contributed by atoms with Crippen LogP contribution < -0.4 is 9.47 Å². The van der Waals surface area contributed by atoms with Gasteiger partial charge in [-0.15, -0.1) is 0 Å². The molecule has 5 nitrogen and oxygen atoms in total. The highest BCUT2D eigenvalue weighted by atomic mass is 35.5. The predicted molar refractivity (Wildman–Crippen MR) is 71.5 cm³/mol. The van der Waals surface area contributed by atoms with Gasteiger partial charge in [0.05, 0.1) is 31.5 Å². The third-order valence-electron chi connectivity index (χ3n) is 2.57. The van der Waals surface area contributed by atoms with Gasteiger partial charge in [-0.3, -0.25) is 0 Å². The monoisotopic (exact) mass is 280 g/mol. The normalized spacial score (nSPS) is 10.3. The van der Waals surface area contributed by atoms with E-state index in [4.69, 9.17) is 26.2 Å². The van der Waals surface area contributed by atoms with Crippen LogP contribution in [0, 0.1) is 0 Å². The van der Waals surface area contributed by atoms with Crippen molar-refractivity contribution in [3.63, 3.8) is 0 Å². The van der Waals surface area contributed by atoms with Crippen molar-refractivity contribution in [2.75, 3.05) is 14.2 Å². The van der Waals surface area contributed by atoms with Crippen molar-refractivity contribution in [3.8, 4) is 22.9 Å². The number of halogens is 1. The molecule has 1 aromatic carbocycles. The number of nitrogens with zero attached hydrogens (tertiary/aromatic N) is 2. The molecule has 1 aromatic heterocycles. The molecule has 0 fully saturated rings. The Morgan fingerprint density at radius 2 is 2.05 bits per heavy atom. The number of hydrogen-bond donors (Lipinski definition) is 1. The fraction of sp³-hybridized carbons (Fsp3) is 0.231. The first kappa shape index (κ1) is 13.6. The Balaban J connectivity index is 2.53. The number of aromatic nitrogens is 2. The lowest BCUT2D eigenvalue weighted by molar-refractivity contribution is 0.277. The summed E-state index contributed by atoms with van der Waals surface area (Å²) in [5.74, 6) is 1.43. The maximum Gasteiger partial charge on any atom is 0.179 e. The number of ether oxygens (including phenoxy) is 2. The molecule has 0 amide bonds. The molecule has 0 radical (unpaired) electrons. The van der Waals surface area contributed by atoms with Crippen LogP contribution in [0.1, 0.15) is 5.69 Å². The molecule has 19 heavy (non-hydrogen) atoms. The van der Waals surface area contributed by atoms with Crippen LogP contribution in [0.15, 0.2) is 24.4 Å². The highest BCUT2D eigenvalue weighted by Gasteiger charge is 2.13. The number of aliphatic hydroxyl groups is 1. The van der Waals surface area contributed by atoms with Crippen molar-refractivity contribution in [1.29, 1.82) is 0 Å². The van der Waals surface area contributed by atoms with Crippen LogP contribution in [0.4, 0.5) is 0 Å². The van der Waals surface area contributed by atoms with Crippen LogP contribution in [-0.2, 0) is 6.61 Å². The minimum absolute atomic E-state index is 0.142. The van der Waals surface area contributed by atoms with Crippen LogP contribution >= 0.6 is 11.6 Å². The third kappa shape index (κ3) is 2.77. The molecule has 100 valence electrons. The largest absolute Gasteiger partial charge is 0.493 e. The molecule has 6 heteroatoms. The second-order valence-electron chi connectivity index (χ2n) is 3.72. The number of hydrogen-bond acceptors (Lipinski definition) is 5. The molecule has 0 unspecified atom stereocenters. The van der Waals surface area contributed by atoms with E-state index in [1.54, 1.807) is 24.4 Å². The Morgan fingerprint density at radius 3 is 2.68 bits per heavy atom. The zero-order chi connectivity index (χ0) is 13.8. The molecule has 2 aromatic rings. The SMILES string of the molecule is COc1cc(-c2nccc(CO)n2)cc(Cl)c1OC. The summed E-state index contributed by atoms with van der Waals surface area (Å²) >= 11 is 6.13. The van der Waals surface area contributed by atoms with Crippen molar-refractivity contribution in [2.24, 2.45) is 0 Å². The van der Waals surface area contributed by atoms with Crippen molar-refractivity contribution < 1.29 is 14.6 Å². The second kappa shape index (κ2) is 5.86. The van der Waals surface area contributed by atoms with Gasteiger partial charge in [0, 0.05) is 11.8 Å². The van der Waals surface area contributed by atoms with Crippen molar-refractivity contribution in [2.45, 2.75) is 6.61 Å². The summed E-state index contributed by atoms with van der Waals surface area (Å²) in [4.78, 5) is 8.37. The molecule has 1 N–H and O–H groups in total. The molecule has 1 heterocycles. The maximum atomic E-state index is 9.09. The van der Waals surface area contributed by atoms with Gasteiger partial charge in [-0.1, -0.05) is 11.6 Å². The van der Waals surface area contributed by atoms with Gasteiger partial charge in [-0.25, -0.2) is 9.97 Å². The number of rotatable bonds is 4. The van der Waals surface area contributed by atoms with Crippen LogP contribution in [0.2, 0.25) is 5.02 Å². The highest BCUT2D eigenvalue weighted by Crippen LogP contribution is 2.38. The molecule has 0 saturated heterocycles. The van der Waals surface area contributed by atoms with E-state index in [-0.39, 0.29) is 6.61 Å². The molecule has 0 aliphatic rings. The van der Waals surface area contributed by atoms with E-state index in [2.05, 4.69) is 9.97 Å². The van der Waals surface area contributed by atoms with Gasteiger partial charge in [0.15, 0.2) is 17.3 Å². The molecule has 0 bridgehead atoms. The van der Waals surface area contributed by atoms with Crippen molar-refractivity contribution >= 4 is 11.6 Å². The maximum absolute atomic E-state index is 9.09. The summed E-state index contributed by atoms with van der Waals surface area (Å²) in [7, 11) is 3.05. The molecule has 0 aliphatic heterocycles. The number of benzene rings is 1. The minimum Gasteiger partial charge on any atom is -0.493 e. The van der Waals surface area contributed by atoms with E-state index in [1.165, 1.54) is 14.2 Å². The Bertz CT molecular complexity index is 590. The zero-order valence-corrected chi connectivity index (χ0v) is 11.3. The summed E-state index contributed by atoms with van der Waals surface area (Å²) in [5.41, 5.74) is 1.23. The number of aliphatic hydroxyl groups excluding tert-OH is 1. The molecule has 0 atom stereocenters. The first-order valence-corrected chi connectivity index (χ1v) is 5.92. The average molecular weight is 281 g/mol. The molecule has 0 aliphatic carbocycles. The van der Waals surface area contributed by atoms with E-state index in [1.807, 2.05) is 0 Å². The van der Waals surface area contributed by atoms with Gasteiger partial charge in [0.1, 0.15) is 0 Å². The smallest absolute Gasteiger partial charge is 0.179 e. The predicted octanol–water partition coefficient (Wildman–Crippen LogP) is 2.31. The van der Waals surface area contributed by atoms with Crippen LogP contribution in [0.3, 0.4) is 0 Å². The lowest BCUT2D eigenvalue weighted by Crippen LogP contribution is -1.97. The van der Waals surface area contributed by atoms with Crippen LogP contribution in [0.25, 0.3) is 11.4 Å². The fourth-order valence-electron chi connectivity index (χ4n) is 1.67. The molecule has 0 spiro atoms.